The highest BCUT2D eigenvalue weighted by Crippen LogP contribution is 2.13. The summed E-state index contributed by atoms with van der Waals surface area (Å²) in [7, 11) is 0. The van der Waals surface area contributed by atoms with Crippen LogP contribution >= 0.6 is 0 Å². The SMILES string of the molecule is C=C1C(NC(=CC)C(C)C)=NC[N+](=C)C1C. The van der Waals surface area contributed by atoms with E-state index in [1.54, 1.807) is 0 Å². The Labute approximate surface area is 98.3 Å². The second kappa shape index (κ2) is 5.10. The Kier molecular flexibility index (Phi) is 4.05. The normalized spacial score (nSPS) is 22.4. The van der Waals surface area contributed by atoms with Crippen LogP contribution in [0.4, 0.5) is 0 Å². The minimum Gasteiger partial charge on any atom is -0.344 e. The number of allylic oxidation sites excluding steroid dienone is 2. The number of hydrogen-bond acceptors (Lipinski definition) is 2. The molecule has 1 aliphatic rings. The first-order chi connectivity index (χ1) is 7.47. The first-order valence-corrected chi connectivity index (χ1v) is 5.71. The van der Waals surface area contributed by atoms with Gasteiger partial charge in [-0.2, -0.15) is 0 Å². The Hall–Kier alpha value is -1.38. The van der Waals surface area contributed by atoms with Crippen molar-refractivity contribution in [2.45, 2.75) is 33.7 Å². The number of nitrogens with zero attached hydrogens (tertiary/aromatic N) is 2. The quantitative estimate of drug-likeness (QED) is 0.709. The lowest BCUT2D eigenvalue weighted by Crippen LogP contribution is -2.39. The van der Waals surface area contributed by atoms with E-state index in [1.165, 1.54) is 5.70 Å². The largest absolute Gasteiger partial charge is 0.344 e. The molecule has 0 aliphatic carbocycles. The summed E-state index contributed by atoms with van der Waals surface area (Å²) in [4.78, 5) is 4.44. The molecular weight excluding hydrogens is 198 g/mol. The van der Waals surface area contributed by atoms with Gasteiger partial charge in [0.15, 0.2) is 6.04 Å². The van der Waals surface area contributed by atoms with Gasteiger partial charge in [0.25, 0.3) is 0 Å². The van der Waals surface area contributed by atoms with Crippen LogP contribution in [0.2, 0.25) is 0 Å². The smallest absolute Gasteiger partial charge is 0.237 e. The molecule has 0 aromatic rings. The van der Waals surface area contributed by atoms with E-state index in [1.807, 2.05) is 11.5 Å². The van der Waals surface area contributed by atoms with Crippen molar-refractivity contribution in [1.29, 1.82) is 0 Å². The summed E-state index contributed by atoms with van der Waals surface area (Å²) in [6.07, 6.45) is 2.09. The average Bonchev–Trinajstić information content (AvgIpc) is 2.25. The molecule has 0 aromatic heterocycles. The highest BCUT2D eigenvalue weighted by atomic mass is 15.2. The molecule has 16 heavy (non-hydrogen) atoms. The molecule has 3 nitrogen and oxygen atoms in total. The van der Waals surface area contributed by atoms with Gasteiger partial charge in [-0.15, -0.1) is 0 Å². The fourth-order valence-corrected chi connectivity index (χ4v) is 1.61. The molecule has 0 amide bonds. The lowest BCUT2D eigenvalue weighted by atomic mass is 10.1. The van der Waals surface area contributed by atoms with Crippen LogP contribution in [0.15, 0.2) is 28.9 Å². The summed E-state index contributed by atoms with van der Waals surface area (Å²) in [5.74, 6) is 1.36. The van der Waals surface area contributed by atoms with Crippen LogP contribution in [0.3, 0.4) is 0 Å². The fourth-order valence-electron chi connectivity index (χ4n) is 1.61. The van der Waals surface area contributed by atoms with E-state index in [9.17, 15) is 0 Å². The molecule has 0 saturated carbocycles. The van der Waals surface area contributed by atoms with Gasteiger partial charge in [0.05, 0.1) is 5.57 Å². The van der Waals surface area contributed by atoms with Crippen molar-refractivity contribution in [3.8, 4) is 0 Å². The van der Waals surface area contributed by atoms with Crippen molar-refractivity contribution in [1.82, 2.24) is 5.32 Å². The third-order valence-electron chi connectivity index (χ3n) is 2.96. The lowest BCUT2D eigenvalue weighted by molar-refractivity contribution is -0.544. The second-order valence-corrected chi connectivity index (χ2v) is 4.46. The molecule has 1 N–H and O–H groups in total. The van der Waals surface area contributed by atoms with Crippen LogP contribution in [-0.2, 0) is 0 Å². The van der Waals surface area contributed by atoms with Gasteiger partial charge >= 0.3 is 0 Å². The van der Waals surface area contributed by atoms with Crippen molar-refractivity contribution in [3.63, 3.8) is 0 Å². The number of rotatable bonds is 2. The summed E-state index contributed by atoms with van der Waals surface area (Å²) in [5.41, 5.74) is 2.19. The van der Waals surface area contributed by atoms with E-state index in [4.69, 9.17) is 0 Å². The molecule has 0 aromatic carbocycles. The zero-order chi connectivity index (χ0) is 12.3. The molecule has 0 bridgehead atoms. The minimum atomic E-state index is 0.241. The van der Waals surface area contributed by atoms with E-state index in [0.717, 1.165) is 11.4 Å². The first kappa shape index (κ1) is 12.7. The van der Waals surface area contributed by atoms with Crippen molar-refractivity contribution in [2.24, 2.45) is 10.9 Å². The van der Waals surface area contributed by atoms with Gasteiger partial charge in [0, 0.05) is 12.6 Å². The summed E-state index contributed by atoms with van der Waals surface area (Å²) in [6, 6.07) is 0.241. The number of hydrogen-bond donors (Lipinski definition) is 1. The molecule has 1 heterocycles. The van der Waals surface area contributed by atoms with E-state index in [2.05, 4.69) is 50.5 Å². The van der Waals surface area contributed by atoms with Crippen molar-refractivity contribution in [2.75, 3.05) is 6.67 Å². The van der Waals surface area contributed by atoms with Crippen LogP contribution < -0.4 is 5.32 Å². The number of amidine groups is 1. The van der Waals surface area contributed by atoms with Gasteiger partial charge in [-0.25, -0.2) is 9.57 Å². The molecule has 1 atom stereocenters. The Morgan fingerprint density at radius 1 is 1.62 bits per heavy atom. The van der Waals surface area contributed by atoms with E-state index in [0.29, 0.717) is 12.6 Å². The Balaban J connectivity index is 2.83. The predicted molar refractivity (Wildman–Crippen MR) is 70.0 cm³/mol. The lowest BCUT2D eigenvalue weighted by Gasteiger charge is -2.22. The van der Waals surface area contributed by atoms with E-state index in [-0.39, 0.29) is 6.04 Å². The third-order valence-corrected chi connectivity index (χ3v) is 2.96. The molecule has 88 valence electrons. The van der Waals surface area contributed by atoms with Gasteiger partial charge < -0.3 is 5.32 Å². The maximum atomic E-state index is 4.44. The van der Waals surface area contributed by atoms with Crippen LogP contribution in [0.5, 0.6) is 0 Å². The molecule has 1 aliphatic heterocycles. The highest BCUT2D eigenvalue weighted by molar-refractivity contribution is 5.99. The molecule has 0 radical (unpaired) electrons. The predicted octanol–water partition coefficient (Wildman–Crippen LogP) is 2.16. The van der Waals surface area contributed by atoms with Crippen LogP contribution in [0, 0.1) is 5.92 Å². The van der Waals surface area contributed by atoms with Gasteiger partial charge in [-0.1, -0.05) is 26.5 Å². The monoisotopic (exact) mass is 220 g/mol. The second-order valence-electron chi connectivity index (χ2n) is 4.46. The van der Waals surface area contributed by atoms with Crippen molar-refractivity contribution >= 4 is 12.6 Å². The van der Waals surface area contributed by atoms with Crippen LogP contribution in [0.25, 0.3) is 0 Å². The minimum absolute atomic E-state index is 0.241. The molecule has 0 spiro atoms. The standard InChI is InChI=1S/C13H22N3/c1-7-12(9(2)3)15-13-10(4)11(5)16(6)8-14-13/h7,9,11H,4,6,8H2,1-3,5H3,(H,14,15)/q+1. The first-order valence-electron chi connectivity index (χ1n) is 5.71. The summed E-state index contributed by atoms with van der Waals surface area (Å²) < 4.78 is 1.93. The van der Waals surface area contributed by atoms with Crippen molar-refractivity contribution < 1.29 is 4.58 Å². The maximum absolute atomic E-state index is 4.44. The molecule has 1 rings (SSSR count). The Morgan fingerprint density at radius 2 is 2.25 bits per heavy atom. The summed E-state index contributed by atoms with van der Waals surface area (Å²) in [6.45, 7) is 17.1. The van der Waals surface area contributed by atoms with Gasteiger partial charge in [0.2, 0.25) is 6.67 Å². The zero-order valence-electron chi connectivity index (χ0n) is 10.7. The zero-order valence-corrected chi connectivity index (χ0v) is 10.7. The highest BCUT2D eigenvalue weighted by Gasteiger charge is 2.26. The number of nitrogens with one attached hydrogen (secondary N) is 1. The van der Waals surface area contributed by atoms with E-state index >= 15 is 0 Å². The maximum Gasteiger partial charge on any atom is 0.237 e. The van der Waals surface area contributed by atoms with Crippen LogP contribution in [-0.4, -0.2) is 29.8 Å². The molecule has 0 fully saturated rings. The topological polar surface area (TPSA) is 27.4 Å². The molecule has 1 unspecified atom stereocenters. The molecule has 3 heteroatoms. The Morgan fingerprint density at radius 3 is 2.75 bits per heavy atom. The van der Waals surface area contributed by atoms with E-state index < -0.39 is 0 Å². The number of aliphatic imine (C=N–C) groups is 1. The van der Waals surface area contributed by atoms with Crippen LogP contribution in [0.1, 0.15) is 27.7 Å². The Bertz CT molecular complexity index is 361. The molecular formula is C13H22N3+. The summed E-state index contributed by atoms with van der Waals surface area (Å²) in [5, 5.41) is 3.36. The van der Waals surface area contributed by atoms with Crippen molar-refractivity contribution in [3.05, 3.63) is 23.9 Å². The molecule has 0 saturated heterocycles. The third kappa shape index (κ3) is 2.60. The average molecular weight is 220 g/mol. The fraction of sp³-hybridized carbons (Fsp3) is 0.538. The van der Waals surface area contributed by atoms with Gasteiger partial charge in [-0.05, 0) is 12.8 Å². The summed E-state index contributed by atoms with van der Waals surface area (Å²) >= 11 is 0. The van der Waals surface area contributed by atoms with Gasteiger partial charge in [0.1, 0.15) is 12.6 Å². The van der Waals surface area contributed by atoms with Gasteiger partial charge in [-0.3, -0.25) is 0 Å².